The van der Waals surface area contributed by atoms with Gasteiger partial charge < -0.3 is 4.74 Å². The van der Waals surface area contributed by atoms with Crippen LogP contribution in [0.3, 0.4) is 0 Å². The number of fused-ring (bicyclic) bond motifs is 1. The summed E-state index contributed by atoms with van der Waals surface area (Å²) < 4.78 is 5.31. The van der Waals surface area contributed by atoms with Gasteiger partial charge >= 0.3 is 0 Å². The smallest absolute Gasteiger partial charge is 0.179 e. The first-order valence-electron chi connectivity index (χ1n) is 8.51. The Labute approximate surface area is 152 Å². The Morgan fingerprint density at radius 2 is 1.65 bits per heavy atom. The van der Waals surface area contributed by atoms with Crippen LogP contribution in [0.4, 0.5) is 0 Å². The molecule has 2 aromatic heterocycles. The first-order chi connectivity index (χ1) is 12.7. The monoisotopic (exact) mass is 341 g/mol. The second kappa shape index (κ2) is 6.56. The molecule has 4 aromatic rings. The van der Waals surface area contributed by atoms with E-state index in [0.29, 0.717) is 5.82 Å². The molecule has 0 radical (unpaired) electrons. The third-order valence-corrected chi connectivity index (χ3v) is 4.38. The number of ether oxygens (including phenoxy) is 1. The predicted molar refractivity (Wildman–Crippen MR) is 104 cm³/mol. The zero-order valence-corrected chi connectivity index (χ0v) is 15.0. The molecular formula is C22H19N3O. The lowest BCUT2D eigenvalue weighted by atomic mass is 10.0. The third-order valence-electron chi connectivity index (χ3n) is 4.38. The first kappa shape index (κ1) is 16.2. The van der Waals surface area contributed by atoms with Gasteiger partial charge in [-0.05, 0) is 38.1 Å². The molecule has 0 N–H and O–H groups in total. The lowest BCUT2D eigenvalue weighted by molar-refractivity contribution is 0.409. The number of benzene rings is 2. The molecule has 4 heteroatoms. The Hall–Kier alpha value is -3.27. The molecule has 0 fully saturated rings. The molecule has 0 saturated carbocycles. The highest BCUT2D eigenvalue weighted by atomic mass is 16.5. The van der Waals surface area contributed by atoms with E-state index in [1.165, 1.54) is 5.56 Å². The summed E-state index contributed by atoms with van der Waals surface area (Å²) in [4.78, 5) is 14.2. The molecular weight excluding hydrogens is 322 g/mol. The largest absolute Gasteiger partial charge is 0.495 e. The highest BCUT2D eigenvalue weighted by molar-refractivity contribution is 5.93. The molecule has 0 unspecified atom stereocenters. The molecule has 0 saturated heterocycles. The number of aryl methyl sites for hydroxylation is 2. The van der Waals surface area contributed by atoms with Crippen molar-refractivity contribution in [2.75, 3.05) is 7.11 Å². The highest BCUT2D eigenvalue weighted by Crippen LogP contribution is 2.29. The van der Waals surface area contributed by atoms with Crippen LogP contribution in [0.25, 0.3) is 33.7 Å². The van der Waals surface area contributed by atoms with E-state index in [0.717, 1.165) is 39.3 Å². The number of methoxy groups -OCH3 is 1. The predicted octanol–water partition coefficient (Wildman–Crippen LogP) is 4.98. The third kappa shape index (κ3) is 2.90. The molecule has 4 nitrogen and oxygen atoms in total. The van der Waals surface area contributed by atoms with Gasteiger partial charge in [0, 0.05) is 10.9 Å². The normalized spacial score (nSPS) is 10.9. The van der Waals surface area contributed by atoms with Gasteiger partial charge in [-0.25, -0.2) is 15.0 Å². The molecule has 2 aromatic carbocycles. The van der Waals surface area contributed by atoms with Crippen molar-refractivity contribution in [2.45, 2.75) is 13.8 Å². The van der Waals surface area contributed by atoms with Crippen molar-refractivity contribution in [1.29, 1.82) is 0 Å². The molecule has 2 heterocycles. The minimum Gasteiger partial charge on any atom is -0.495 e. The molecule has 0 spiro atoms. The van der Waals surface area contributed by atoms with Crippen LogP contribution >= 0.6 is 0 Å². The molecule has 0 amide bonds. The summed E-state index contributed by atoms with van der Waals surface area (Å²) in [6.07, 6.45) is 0. The molecule has 0 atom stereocenters. The van der Waals surface area contributed by atoms with E-state index in [2.05, 4.69) is 42.2 Å². The summed E-state index contributed by atoms with van der Waals surface area (Å²) >= 11 is 0. The van der Waals surface area contributed by atoms with Gasteiger partial charge in [-0.1, -0.05) is 42.0 Å². The van der Waals surface area contributed by atoms with Crippen molar-refractivity contribution >= 4 is 10.9 Å². The molecule has 0 aliphatic carbocycles. The van der Waals surface area contributed by atoms with Crippen LogP contribution in [0.5, 0.6) is 5.75 Å². The Bertz CT molecular complexity index is 1110. The quantitative estimate of drug-likeness (QED) is 0.527. The van der Waals surface area contributed by atoms with Crippen molar-refractivity contribution in [3.8, 4) is 28.5 Å². The second-order valence-electron chi connectivity index (χ2n) is 6.27. The zero-order chi connectivity index (χ0) is 18.1. The Morgan fingerprint density at radius 3 is 2.42 bits per heavy atom. The zero-order valence-electron chi connectivity index (χ0n) is 15.0. The number of hydrogen-bond acceptors (Lipinski definition) is 4. The van der Waals surface area contributed by atoms with Gasteiger partial charge in [-0.2, -0.15) is 0 Å². The van der Waals surface area contributed by atoms with Crippen LogP contribution < -0.4 is 4.74 Å². The van der Waals surface area contributed by atoms with E-state index in [1.54, 1.807) is 7.11 Å². The van der Waals surface area contributed by atoms with Crippen LogP contribution in [0.15, 0.2) is 60.7 Å². The number of nitrogens with zero attached hydrogens (tertiary/aromatic N) is 3. The summed E-state index contributed by atoms with van der Waals surface area (Å²) in [7, 11) is 1.64. The second-order valence-corrected chi connectivity index (χ2v) is 6.27. The molecule has 0 aliphatic heterocycles. The van der Waals surface area contributed by atoms with Gasteiger partial charge in [-0.3, -0.25) is 0 Å². The van der Waals surface area contributed by atoms with Gasteiger partial charge in [0.1, 0.15) is 11.4 Å². The first-order valence-corrected chi connectivity index (χ1v) is 8.51. The number of aromatic nitrogens is 3. The number of rotatable bonds is 3. The Balaban J connectivity index is 1.96. The molecule has 0 aliphatic rings. The number of para-hydroxylation sites is 1. The van der Waals surface area contributed by atoms with E-state index in [4.69, 9.17) is 14.7 Å². The van der Waals surface area contributed by atoms with E-state index in [9.17, 15) is 0 Å². The van der Waals surface area contributed by atoms with E-state index >= 15 is 0 Å². The summed E-state index contributed by atoms with van der Waals surface area (Å²) in [5.74, 6) is 1.37. The van der Waals surface area contributed by atoms with E-state index in [-0.39, 0.29) is 0 Å². The average molecular weight is 341 g/mol. The molecule has 4 rings (SSSR count). The topological polar surface area (TPSA) is 47.9 Å². The minimum atomic E-state index is 0.617. The van der Waals surface area contributed by atoms with E-state index in [1.807, 2.05) is 37.3 Å². The summed E-state index contributed by atoms with van der Waals surface area (Å²) in [6.45, 7) is 4.01. The van der Waals surface area contributed by atoms with Crippen molar-refractivity contribution < 1.29 is 4.74 Å². The molecule has 128 valence electrons. The standard InChI is InChI=1S/C22H19N3O/c1-14-7-6-8-16(13-14)21-17-9-4-5-10-18(17)24-22(25-21)19-11-12-20(26-3)15(2)23-19/h4-13H,1-3H3. The maximum atomic E-state index is 5.31. The van der Waals surface area contributed by atoms with Gasteiger partial charge in [0.25, 0.3) is 0 Å². The van der Waals surface area contributed by atoms with Crippen molar-refractivity contribution in [3.63, 3.8) is 0 Å². The summed E-state index contributed by atoms with van der Waals surface area (Å²) in [5, 5.41) is 1.03. The van der Waals surface area contributed by atoms with Gasteiger partial charge in [0.2, 0.25) is 0 Å². The average Bonchev–Trinajstić information content (AvgIpc) is 2.67. The lowest BCUT2D eigenvalue weighted by Gasteiger charge is -2.10. The highest BCUT2D eigenvalue weighted by Gasteiger charge is 2.13. The van der Waals surface area contributed by atoms with Gasteiger partial charge in [-0.15, -0.1) is 0 Å². The maximum Gasteiger partial charge on any atom is 0.179 e. The molecule has 0 bridgehead atoms. The lowest BCUT2D eigenvalue weighted by Crippen LogP contribution is -1.98. The number of pyridine rings is 1. The van der Waals surface area contributed by atoms with Crippen LogP contribution in [0.2, 0.25) is 0 Å². The Morgan fingerprint density at radius 1 is 0.808 bits per heavy atom. The SMILES string of the molecule is COc1ccc(-c2nc(-c3cccc(C)c3)c3ccccc3n2)nc1C. The van der Waals surface area contributed by atoms with E-state index < -0.39 is 0 Å². The number of hydrogen-bond donors (Lipinski definition) is 0. The van der Waals surface area contributed by atoms with Crippen LogP contribution in [-0.4, -0.2) is 22.1 Å². The van der Waals surface area contributed by atoms with Gasteiger partial charge in [0.05, 0.1) is 24.0 Å². The fourth-order valence-corrected chi connectivity index (χ4v) is 3.09. The van der Waals surface area contributed by atoms with Crippen molar-refractivity contribution in [2.24, 2.45) is 0 Å². The van der Waals surface area contributed by atoms with Crippen LogP contribution in [0.1, 0.15) is 11.3 Å². The minimum absolute atomic E-state index is 0.617. The fourth-order valence-electron chi connectivity index (χ4n) is 3.09. The van der Waals surface area contributed by atoms with Crippen LogP contribution in [-0.2, 0) is 0 Å². The van der Waals surface area contributed by atoms with Gasteiger partial charge in [0.15, 0.2) is 5.82 Å². The van der Waals surface area contributed by atoms with Crippen molar-refractivity contribution in [1.82, 2.24) is 15.0 Å². The maximum absolute atomic E-state index is 5.31. The summed E-state index contributed by atoms with van der Waals surface area (Å²) in [5.41, 5.74) is 5.66. The summed E-state index contributed by atoms with van der Waals surface area (Å²) in [6, 6.07) is 20.2. The fraction of sp³-hybridized carbons (Fsp3) is 0.136. The Kier molecular flexibility index (Phi) is 4.09. The van der Waals surface area contributed by atoms with Crippen molar-refractivity contribution in [3.05, 3.63) is 71.9 Å². The molecule has 26 heavy (non-hydrogen) atoms. The van der Waals surface area contributed by atoms with Crippen LogP contribution in [0, 0.1) is 13.8 Å².